The van der Waals surface area contributed by atoms with Gasteiger partial charge in [0.1, 0.15) is 12.0 Å². The van der Waals surface area contributed by atoms with Gasteiger partial charge >= 0.3 is 0 Å². The van der Waals surface area contributed by atoms with Gasteiger partial charge in [-0.1, -0.05) is 0 Å². The molecule has 2 atom stereocenters. The summed E-state index contributed by atoms with van der Waals surface area (Å²) in [5.41, 5.74) is 0.000296. The van der Waals surface area contributed by atoms with E-state index in [1.807, 2.05) is 6.92 Å². The van der Waals surface area contributed by atoms with Gasteiger partial charge in [0.15, 0.2) is 0 Å². The molecule has 0 amide bonds. The lowest BCUT2D eigenvalue weighted by molar-refractivity contribution is -0.385. The minimum Gasteiger partial charge on any atom is -0.376 e. The van der Waals surface area contributed by atoms with Gasteiger partial charge in [0, 0.05) is 12.7 Å². The second-order valence-corrected chi connectivity index (χ2v) is 4.14. The molecule has 1 aliphatic heterocycles. The van der Waals surface area contributed by atoms with Crippen molar-refractivity contribution < 1.29 is 9.66 Å². The van der Waals surface area contributed by atoms with Crippen molar-refractivity contribution in [1.82, 2.24) is 4.98 Å². The maximum Gasteiger partial charge on any atom is 0.287 e. The smallest absolute Gasteiger partial charge is 0.287 e. The Kier molecular flexibility index (Phi) is 3.53. The first-order chi connectivity index (χ1) is 8.16. The molecule has 0 aliphatic carbocycles. The van der Waals surface area contributed by atoms with Crippen molar-refractivity contribution in [2.45, 2.75) is 31.9 Å². The van der Waals surface area contributed by atoms with Gasteiger partial charge in [-0.05, 0) is 25.8 Å². The van der Waals surface area contributed by atoms with Crippen LogP contribution >= 0.6 is 0 Å². The molecule has 0 aromatic carbocycles. The number of anilines is 1. The Morgan fingerprint density at radius 2 is 2.47 bits per heavy atom. The summed E-state index contributed by atoms with van der Waals surface area (Å²) in [6.45, 7) is 2.84. The number of aromatic nitrogens is 1. The number of nitrogens with zero attached hydrogens (tertiary/aromatic N) is 2. The highest BCUT2D eigenvalue weighted by atomic mass is 16.6. The number of nitro groups is 1. The fourth-order valence-corrected chi connectivity index (χ4v) is 1.90. The van der Waals surface area contributed by atoms with Crippen LogP contribution in [-0.4, -0.2) is 28.7 Å². The van der Waals surface area contributed by atoms with E-state index in [2.05, 4.69) is 10.3 Å². The molecule has 6 heteroatoms. The first kappa shape index (κ1) is 11.8. The van der Waals surface area contributed by atoms with Gasteiger partial charge in [0.05, 0.1) is 17.1 Å². The van der Waals surface area contributed by atoms with E-state index in [4.69, 9.17) is 4.74 Å². The van der Waals surface area contributed by atoms with E-state index < -0.39 is 4.92 Å². The first-order valence-corrected chi connectivity index (χ1v) is 5.65. The van der Waals surface area contributed by atoms with Crippen LogP contribution in [0.3, 0.4) is 0 Å². The fraction of sp³-hybridized carbons (Fsp3) is 0.545. The van der Waals surface area contributed by atoms with Gasteiger partial charge in [-0.2, -0.15) is 0 Å². The minimum atomic E-state index is -0.458. The molecule has 1 aliphatic rings. The fourth-order valence-electron chi connectivity index (χ4n) is 1.90. The number of ether oxygens (including phenoxy) is 1. The SMILES string of the molecule is C[C@H](Nc1ccc([N+](=O)[O-])cn1)[C@@H]1CCCO1. The molecule has 0 bridgehead atoms. The van der Waals surface area contributed by atoms with Crippen molar-refractivity contribution in [2.75, 3.05) is 11.9 Å². The average Bonchev–Trinajstić information content (AvgIpc) is 2.83. The highest BCUT2D eigenvalue weighted by molar-refractivity contribution is 5.40. The Hall–Kier alpha value is -1.69. The highest BCUT2D eigenvalue weighted by Gasteiger charge is 2.22. The summed E-state index contributed by atoms with van der Waals surface area (Å²) in [5, 5.41) is 13.7. The Morgan fingerprint density at radius 3 is 3.00 bits per heavy atom. The van der Waals surface area contributed by atoms with Crippen molar-refractivity contribution in [1.29, 1.82) is 0 Å². The zero-order valence-corrected chi connectivity index (χ0v) is 9.63. The number of hydrogen-bond donors (Lipinski definition) is 1. The van der Waals surface area contributed by atoms with E-state index in [0.29, 0.717) is 5.82 Å². The van der Waals surface area contributed by atoms with Gasteiger partial charge in [-0.25, -0.2) is 4.98 Å². The molecule has 0 saturated carbocycles. The summed E-state index contributed by atoms with van der Waals surface area (Å²) in [6, 6.07) is 3.22. The van der Waals surface area contributed by atoms with Crippen molar-refractivity contribution in [3.05, 3.63) is 28.4 Å². The molecule has 1 aromatic heterocycles. The van der Waals surface area contributed by atoms with Crippen LogP contribution in [0.5, 0.6) is 0 Å². The quantitative estimate of drug-likeness (QED) is 0.639. The van der Waals surface area contributed by atoms with Gasteiger partial charge in [0.25, 0.3) is 5.69 Å². The van der Waals surface area contributed by atoms with E-state index in [1.54, 1.807) is 6.07 Å². The van der Waals surface area contributed by atoms with Gasteiger partial charge in [-0.15, -0.1) is 0 Å². The number of rotatable bonds is 4. The lowest BCUT2D eigenvalue weighted by Crippen LogP contribution is -2.30. The van der Waals surface area contributed by atoms with Crippen molar-refractivity contribution in [3.8, 4) is 0 Å². The van der Waals surface area contributed by atoms with Crippen LogP contribution < -0.4 is 5.32 Å². The molecule has 92 valence electrons. The van der Waals surface area contributed by atoms with Crippen LogP contribution in [0.1, 0.15) is 19.8 Å². The molecular formula is C11H15N3O3. The first-order valence-electron chi connectivity index (χ1n) is 5.65. The molecule has 0 unspecified atom stereocenters. The molecule has 17 heavy (non-hydrogen) atoms. The Labute approximate surface area is 99.2 Å². The zero-order valence-electron chi connectivity index (χ0n) is 9.63. The minimum absolute atomic E-state index is 0.000296. The largest absolute Gasteiger partial charge is 0.376 e. The van der Waals surface area contributed by atoms with Crippen molar-refractivity contribution in [3.63, 3.8) is 0 Å². The third-order valence-corrected chi connectivity index (χ3v) is 2.86. The van der Waals surface area contributed by atoms with Crippen molar-refractivity contribution >= 4 is 11.5 Å². The molecule has 2 rings (SSSR count). The normalized spacial score (nSPS) is 21.1. The van der Waals surface area contributed by atoms with Crippen molar-refractivity contribution in [2.24, 2.45) is 0 Å². The summed E-state index contributed by atoms with van der Waals surface area (Å²) in [5.74, 6) is 0.638. The van der Waals surface area contributed by atoms with Gasteiger partial charge in [0.2, 0.25) is 0 Å². The molecule has 0 radical (unpaired) electrons. The summed E-state index contributed by atoms with van der Waals surface area (Å²) < 4.78 is 5.55. The highest BCUT2D eigenvalue weighted by Crippen LogP contribution is 2.19. The molecule has 0 spiro atoms. The Balaban J connectivity index is 1.96. The van der Waals surface area contributed by atoms with E-state index in [9.17, 15) is 10.1 Å². The summed E-state index contributed by atoms with van der Waals surface area (Å²) in [6.07, 6.45) is 3.59. The lowest BCUT2D eigenvalue weighted by Gasteiger charge is -2.20. The Bertz CT molecular complexity index is 387. The van der Waals surface area contributed by atoms with Gasteiger partial charge < -0.3 is 10.1 Å². The van der Waals surface area contributed by atoms with E-state index in [-0.39, 0.29) is 17.8 Å². The third kappa shape index (κ3) is 2.91. The second-order valence-electron chi connectivity index (χ2n) is 4.14. The summed E-state index contributed by atoms with van der Waals surface area (Å²) >= 11 is 0. The van der Waals surface area contributed by atoms with Crippen LogP contribution in [0.25, 0.3) is 0 Å². The maximum atomic E-state index is 10.5. The summed E-state index contributed by atoms with van der Waals surface area (Å²) in [4.78, 5) is 14.0. The molecule has 1 N–H and O–H groups in total. The molecular weight excluding hydrogens is 222 g/mol. The van der Waals surface area contributed by atoms with E-state index in [0.717, 1.165) is 19.4 Å². The molecule has 1 saturated heterocycles. The number of nitrogens with one attached hydrogen (secondary N) is 1. The van der Waals surface area contributed by atoms with Crippen LogP contribution in [0.15, 0.2) is 18.3 Å². The Morgan fingerprint density at radius 1 is 1.65 bits per heavy atom. The molecule has 1 fully saturated rings. The van der Waals surface area contributed by atoms with Crippen LogP contribution in [-0.2, 0) is 4.74 Å². The predicted molar refractivity (Wildman–Crippen MR) is 63.0 cm³/mol. The van der Waals surface area contributed by atoms with E-state index >= 15 is 0 Å². The predicted octanol–water partition coefficient (Wildman–Crippen LogP) is 1.97. The van der Waals surface area contributed by atoms with Gasteiger partial charge in [-0.3, -0.25) is 10.1 Å². The number of hydrogen-bond acceptors (Lipinski definition) is 5. The number of pyridine rings is 1. The standard InChI is InChI=1S/C11H15N3O3/c1-8(10-3-2-6-17-10)13-11-5-4-9(7-12-11)14(15)16/h4-5,7-8,10H,2-3,6H2,1H3,(H,12,13)/t8-,10-/m0/s1. The van der Waals surface area contributed by atoms with E-state index in [1.165, 1.54) is 12.3 Å². The molecule has 1 aromatic rings. The molecule has 2 heterocycles. The molecule has 6 nitrogen and oxygen atoms in total. The average molecular weight is 237 g/mol. The monoisotopic (exact) mass is 237 g/mol. The topological polar surface area (TPSA) is 77.3 Å². The maximum absolute atomic E-state index is 10.5. The summed E-state index contributed by atoms with van der Waals surface area (Å²) in [7, 11) is 0. The van der Waals surface area contributed by atoms with Crippen LogP contribution in [0.2, 0.25) is 0 Å². The second kappa shape index (κ2) is 5.09. The van der Waals surface area contributed by atoms with Crippen LogP contribution in [0, 0.1) is 10.1 Å². The lowest BCUT2D eigenvalue weighted by atomic mass is 10.1. The van der Waals surface area contributed by atoms with Crippen LogP contribution in [0.4, 0.5) is 11.5 Å². The third-order valence-electron chi connectivity index (χ3n) is 2.86. The zero-order chi connectivity index (χ0) is 12.3.